The van der Waals surface area contributed by atoms with Gasteiger partial charge in [-0.3, -0.25) is 4.99 Å². The van der Waals surface area contributed by atoms with E-state index in [-0.39, 0.29) is 5.82 Å². The fourth-order valence-electron chi connectivity index (χ4n) is 2.66. The van der Waals surface area contributed by atoms with Gasteiger partial charge < -0.3 is 10.2 Å². The average Bonchev–Trinajstić information content (AvgIpc) is 2.80. The molecule has 1 aromatic rings. The summed E-state index contributed by atoms with van der Waals surface area (Å²) >= 11 is 0. The Labute approximate surface area is 127 Å². The Balaban J connectivity index is 1.93. The number of likely N-dealkylation sites (tertiary alicyclic amines) is 1. The summed E-state index contributed by atoms with van der Waals surface area (Å²) in [6, 6.07) is 6.67. The summed E-state index contributed by atoms with van der Waals surface area (Å²) in [4.78, 5) is 7.06. The molecule has 1 saturated heterocycles. The molecule has 0 amide bonds. The number of hydrogen-bond acceptors (Lipinski definition) is 1. The van der Waals surface area contributed by atoms with E-state index in [9.17, 15) is 4.39 Å². The van der Waals surface area contributed by atoms with E-state index < -0.39 is 0 Å². The van der Waals surface area contributed by atoms with Gasteiger partial charge in [0.15, 0.2) is 5.96 Å². The monoisotopic (exact) mass is 291 g/mol. The highest BCUT2D eigenvalue weighted by molar-refractivity contribution is 5.80. The summed E-state index contributed by atoms with van der Waals surface area (Å²) in [5.41, 5.74) is 1.49. The molecular weight excluding hydrogens is 265 g/mol. The minimum Gasteiger partial charge on any atom is -0.357 e. The fourth-order valence-corrected chi connectivity index (χ4v) is 2.66. The van der Waals surface area contributed by atoms with Crippen LogP contribution in [0, 0.1) is 11.2 Å². The van der Waals surface area contributed by atoms with Crippen molar-refractivity contribution in [2.45, 2.75) is 33.6 Å². The molecule has 0 radical (unpaired) electrons. The van der Waals surface area contributed by atoms with Crippen LogP contribution in [-0.4, -0.2) is 37.0 Å². The maximum absolute atomic E-state index is 12.9. The van der Waals surface area contributed by atoms with Crippen LogP contribution in [-0.2, 0) is 6.42 Å². The van der Waals surface area contributed by atoms with Crippen LogP contribution in [0.4, 0.5) is 4.39 Å². The normalized spacial score (nSPS) is 18.1. The van der Waals surface area contributed by atoms with Crippen LogP contribution in [0.25, 0.3) is 0 Å². The average molecular weight is 291 g/mol. The molecule has 1 aliphatic heterocycles. The number of hydrogen-bond donors (Lipinski definition) is 1. The summed E-state index contributed by atoms with van der Waals surface area (Å²) in [7, 11) is 0. The lowest BCUT2D eigenvalue weighted by Gasteiger charge is -2.23. The number of guanidine groups is 1. The van der Waals surface area contributed by atoms with Gasteiger partial charge in [0.2, 0.25) is 0 Å². The van der Waals surface area contributed by atoms with Crippen LogP contribution < -0.4 is 5.32 Å². The van der Waals surface area contributed by atoms with Crippen molar-refractivity contribution < 1.29 is 4.39 Å². The van der Waals surface area contributed by atoms with E-state index in [2.05, 4.69) is 31.0 Å². The number of nitrogens with one attached hydrogen (secondary N) is 1. The van der Waals surface area contributed by atoms with Crippen LogP contribution in [0.5, 0.6) is 0 Å². The maximum Gasteiger partial charge on any atom is 0.193 e. The van der Waals surface area contributed by atoms with Crippen molar-refractivity contribution in [3.8, 4) is 0 Å². The lowest BCUT2D eigenvalue weighted by Crippen LogP contribution is -2.40. The van der Waals surface area contributed by atoms with Crippen LogP contribution in [0.1, 0.15) is 32.8 Å². The van der Waals surface area contributed by atoms with Crippen molar-refractivity contribution in [3.05, 3.63) is 35.6 Å². The number of benzene rings is 1. The quantitative estimate of drug-likeness (QED) is 0.682. The predicted molar refractivity (Wildman–Crippen MR) is 86.1 cm³/mol. The van der Waals surface area contributed by atoms with E-state index >= 15 is 0 Å². The zero-order chi connectivity index (χ0) is 15.3. The Bertz CT molecular complexity index is 479. The third-order valence-corrected chi connectivity index (χ3v) is 3.89. The molecule has 116 valence electrons. The second-order valence-electron chi connectivity index (χ2n) is 6.45. The molecule has 0 spiro atoms. The first-order chi connectivity index (χ1) is 10.00. The molecule has 0 aromatic heterocycles. The fraction of sp³-hybridized carbons (Fsp3) is 0.588. The van der Waals surface area contributed by atoms with Crippen molar-refractivity contribution in [1.29, 1.82) is 0 Å². The molecule has 0 unspecified atom stereocenters. The van der Waals surface area contributed by atoms with Gasteiger partial charge in [0, 0.05) is 26.2 Å². The van der Waals surface area contributed by atoms with Crippen molar-refractivity contribution in [2.75, 3.05) is 26.2 Å². The van der Waals surface area contributed by atoms with Gasteiger partial charge in [-0.15, -0.1) is 0 Å². The molecule has 21 heavy (non-hydrogen) atoms. The maximum atomic E-state index is 12.9. The largest absolute Gasteiger partial charge is 0.357 e. The summed E-state index contributed by atoms with van der Waals surface area (Å²) in [5, 5.41) is 3.37. The van der Waals surface area contributed by atoms with Crippen LogP contribution >= 0.6 is 0 Å². The third-order valence-electron chi connectivity index (χ3n) is 3.89. The van der Waals surface area contributed by atoms with Gasteiger partial charge in [0.25, 0.3) is 0 Å². The Kier molecular flexibility index (Phi) is 5.21. The van der Waals surface area contributed by atoms with E-state index in [1.54, 1.807) is 0 Å². The van der Waals surface area contributed by atoms with Crippen molar-refractivity contribution in [2.24, 2.45) is 10.4 Å². The van der Waals surface area contributed by atoms with Crippen molar-refractivity contribution >= 4 is 5.96 Å². The summed E-state index contributed by atoms with van der Waals surface area (Å²) in [6.07, 6.45) is 2.04. The zero-order valence-corrected chi connectivity index (χ0v) is 13.3. The third kappa shape index (κ3) is 4.73. The zero-order valence-electron chi connectivity index (χ0n) is 13.3. The van der Waals surface area contributed by atoms with Gasteiger partial charge in [0.05, 0.1) is 0 Å². The molecule has 0 atom stereocenters. The molecule has 1 fully saturated rings. The SMILES string of the molecule is CCNC(=NCCc1ccc(F)cc1)N1CCC(C)(C)C1. The highest BCUT2D eigenvalue weighted by Gasteiger charge is 2.30. The number of rotatable bonds is 4. The van der Waals surface area contributed by atoms with E-state index in [0.717, 1.165) is 44.1 Å². The smallest absolute Gasteiger partial charge is 0.193 e. The van der Waals surface area contributed by atoms with Gasteiger partial charge in [-0.2, -0.15) is 0 Å². The minimum absolute atomic E-state index is 0.185. The minimum atomic E-state index is -0.185. The molecular formula is C17H26FN3. The Morgan fingerprint density at radius 3 is 2.62 bits per heavy atom. The second kappa shape index (κ2) is 6.92. The molecule has 3 nitrogen and oxygen atoms in total. The molecule has 1 aliphatic rings. The Morgan fingerprint density at radius 1 is 1.33 bits per heavy atom. The number of aliphatic imine (C=N–C) groups is 1. The highest BCUT2D eigenvalue weighted by atomic mass is 19.1. The van der Waals surface area contributed by atoms with Gasteiger partial charge in [-0.05, 0) is 42.9 Å². The molecule has 2 rings (SSSR count). The summed E-state index contributed by atoms with van der Waals surface area (Å²) in [5.74, 6) is 0.820. The van der Waals surface area contributed by atoms with E-state index in [4.69, 9.17) is 4.99 Å². The van der Waals surface area contributed by atoms with E-state index in [1.165, 1.54) is 18.6 Å². The lowest BCUT2D eigenvalue weighted by molar-refractivity contribution is 0.370. The molecule has 0 aliphatic carbocycles. The topological polar surface area (TPSA) is 27.6 Å². The molecule has 4 heteroatoms. The molecule has 1 aromatic carbocycles. The summed E-state index contributed by atoms with van der Waals surface area (Å²) < 4.78 is 12.9. The van der Waals surface area contributed by atoms with Crippen LogP contribution in [0.2, 0.25) is 0 Å². The second-order valence-corrected chi connectivity index (χ2v) is 6.45. The van der Waals surface area contributed by atoms with Gasteiger partial charge >= 0.3 is 0 Å². The molecule has 1 N–H and O–H groups in total. The van der Waals surface area contributed by atoms with Gasteiger partial charge in [0.1, 0.15) is 5.82 Å². The standard InChI is InChI=1S/C17H26FN3/c1-4-19-16(21-12-10-17(2,3)13-21)20-11-9-14-5-7-15(18)8-6-14/h5-8H,4,9-13H2,1-3H3,(H,19,20). The Morgan fingerprint density at radius 2 is 2.05 bits per heavy atom. The van der Waals surface area contributed by atoms with Crippen molar-refractivity contribution in [3.63, 3.8) is 0 Å². The van der Waals surface area contributed by atoms with Crippen LogP contribution in [0.3, 0.4) is 0 Å². The summed E-state index contributed by atoms with van der Waals surface area (Å²) in [6.45, 7) is 10.4. The number of halogens is 1. The molecule has 1 heterocycles. The lowest BCUT2D eigenvalue weighted by atomic mass is 9.93. The molecule has 0 saturated carbocycles. The highest BCUT2D eigenvalue weighted by Crippen LogP contribution is 2.28. The van der Waals surface area contributed by atoms with Crippen LogP contribution in [0.15, 0.2) is 29.3 Å². The van der Waals surface area contributed by atoms with Gasteiger partial charge in [-0.1, -0.05) is 26.0 Å². The molecule has 0 bridgehead atoms. The number of nitrogens with zero attached hydrogens (tertiary/aromatic N) is 2. The first kappa shape index (κ1) is 15.8. The predicted octanol–water partition coefficient (Wildman–Crippen LogP) is 3.07. The Hall–Kier alpha value is -1.58. The first-order valence-corrected chi connectivity index (χ1v) is 7.78. The first-order valence-electron chi connectivity index (χ1n) is 7.78. The van der Waals surface area contributed by atoms with Crippen molar-refractivity contribution in [1.82, 2.24) is 10.2 Å². The van der Waals surface area contributed by atoms with E-state index in [0.29, 0.717) is 5.41 Å². The van der Waals surface area contributed by atoms with E-state index in [1.807, 2.05) is 12.1 Å². The van der Waals surface area contributed by atoms with Gasteiger partial charge in [-0.25, -0.2) is 4.39 Å².